The van der Waals surface area contributed by atoms with E-state index in [4.69, 9.17) is 11.6 Å². The van der Waals surface area contributed by atoms with Crippen molar-refractivity contribution in [2.75, 3.05) is 0 Å². The summed E-state index contributed by atoms with van der Waals surface area (Å²) in [5.74, 6) is -0.812. The molecule has 1 atom stereocenters. The minimum absolute atomic E-state index is 0.623. The number of unbranched alkanes of at least 4 members (excludes halogenated alkanes) is 20. The molecule has 0 aliphatic rings. The molecule has 3 heteroatoms. The summed E-state index contributed by atoms with van der Waals surface area (Å²) in [6.07, 6.45) is 29.5. The van der Waals surface area contributed by atoms with Crippen LogP contribution in [0.25, 0.3) is 0 Å². The lowest BCUT2D eigenvalue weighted by Crippen LogP contribution is -2.32. The second-order valence-corrected chi connectivity index (χ2v) is 10.6. The van der Waals surface area contributed by atoms with Crippen molar-refractivity contribution in [3.63, 3.8) is 0 Å². The Morgan fingerprint density at radius 3 is 0.968 bits per heavy atom. The van der Waals surface area contributed by atoms with Gasteiger partial charge < -0.3 is 5.11 Å². The third-order valence-corrected chi connectivity index (χ3v) is 7.28. The van der Waals surface area contributed by atoms with Gasteiger partial charge in [-0.05, 0) is 12.8 Å². The lowest BCUT2D eigenvalue weighted by molar-refractivity contribution is -0.140. The van der Waals surface area contributed by atoms with Crippen LogP contribution in [0.4, 0.5) is 0 Å². The zero-order chi connectivity index (χ0) is 23.0. The molecule has 0 aliphatic heterocycles. The second kappa shape index (κ2) is 22.9. The van der Waals surface area contributed by atoms with Crippen LogP contribution in [0.15, 0.2) is 0 Å². The second-order valence-electron chi connectivity index (χ2n) is 9.84. The Balaban J connectivity index is 3.62. The first-order valence-corrected chi connectivity index (χ1v) is 14.4. The van der Waals surface area contributed by atoms with Gasteiger partial charge in [0.1, 0.15) is 4.87 Å². The standard InChI is InChI=1S/C28H55ClO2/c1-3-5-7-9-11-13-15-16-18-20-22-24-26-28(29,27(30)31)25-23-21-19-17-14-12-10-8-6-4-2/h3-26H2,1-2H3,(H,30,31). The quantitative estimate of drug-likeness (QED) is 0.109. The average Bonchev–Trinajstić information content (AvgIpc) is 2.75. The smallest absolute Gasteiger partial charge is 0.324 e. The minimum Gasteiger partial charge on any atom is -0.480 e. The van der Waals surface area contributed by atoms with E-state index in [-0.39, 0.29) is 0 Å². The maximum absolute atomic E-state index is 11.7. The largest absolute Gasteiger partial charge is 0.480 e. The highest BCUT2D eigenvalue weighted by atomic mass is 35.5. The van der Waals surface area contributed by atoms with Gasteiger partial charge in [-0.25, -0.2) is 0 Å². The minimum atomic E-state index is -1.03. The number of rotatable bonds is 25. The number of hydrogen-bond acceptors (Lipinski definition) is 1. The van der Waals surface area contributed by atoms with Crippen LogP contribution in [0.2, 0.25) is 0 Å². The normalized spacial score (nSPS) is 13.4. The van der Waals surface area contributed by atoms with Crippen LogP contribution in [0, 0.1) is 0 Å². The molecule has 186 valence electrons. The van der Waals surface area contributed by atoms with Crippen molar-refractivity contribution >= 4 is 17.6 Å². The van der Waals surface area contributed by atoms with Crippen LogP contribution in [0.3, 0.4) is 0 Å². The predicted octanol–water partition coefficient (Wildman–Crippen LogP) is 10.5. The van der Waals surface area contributed by atoms with Gasteiger partial charge in [0.2, 0.25) is 0 Å². The molecule has 0 radical (unpaired) electrons. The van der Waals surface area contributed by atoms with Gasteiger partial charge in [0.15, 0.2) is 0 Å². The number of carboxylic acids is 1. The van der Waals surface area contributed by atoms with E-state index >= 15 is 0 Å². The van der Waals surface area contributed by atoms with Crippen LogP contribution in [-0.2, 0) is 4.79 Å². The van der Waals surface area contributed by atoms with Gasteiger partial charge in [-0.3, -0.25) is 4.79 Å². The van der Waals surface area contributed by atoms with Crippen molar-refractivity contribution in [3.8, 4) is 0 Å². The molecule has 0 fully saturated rings. The molecule has 0 saturated carbocycles. The van der Waals surface area contributed by atoms with Crippen molar-refractivity contribution in [3.05, 3.63) is 0 Å². The van der Waals surface area contributed by atoms with E-state index in [1.165, 1.54) is 116 Å². The molecule has 0 spiro atoms. The summed E-state index contributed by atoms with van der Waals surface area (Å²) < 4.78 is 0. The van der Waals surface area contributed by atoms with Gasteiger partial charge in [-0.1, -0.05) is 155 Å². The Labute approximate surface area is 200 Å². The molecule has 0 aromatic heterocycles. The molecule has 0 amide bonds. The molecular weight excluding hydrogens is 404 g/mol. The lowest BCUT2D eigenvalue weighted by atomic mass is 9.93. The maximum atomic E-state index is 11.7. The molecule has 1 N–H and O–H groups in total. The molecule has 0 bridgehead atoms. The van der Waals surface area contributed by atoms with E-state index in [1.54, 1.807) is 0 Å². The summed E-state index contributed by atoms with van der Waals surface area (Å²) >= 11 is 6.52. The first-order chi connectivity index (χ1) is 15.1. The molecule has 0 heterocycles. The van der Waals surface area contributed by atoms with Crippen LogP contribution in [0.1, 0.15) is 168 Å². The van der Waals surface area contributed by atoms with Gasteiger partial charge in [-0.2, -0.15) is 0 Å². The zero-order valence-electron chi connectivity index (χ0n) is 21.2. The molecular formula is C28H55ClO2. The fourth-order valence-corrected chi connectivity index (χ4v) is 4.74. The van der Waals surface area contributed by atoms with E-state index in [0.717, 1.165) is 25.7 Å². The molecule has 0 saturated heterocycles. The summed E-state index contributed by atoms with van der Waals surface area (Å²) in [5.41, 5.74) is 0. The van der Waals surface area contributed by atoms with E-state index in [9.17, 15) is 9.90 Å². The first-order valence-electron chi connectivity index (χ1n) is 14.0. The summed E-state index contributed by atoms with van der Waals surface area (Å²) in [6, 6.07) is 0. The fourth-order valence-electron chi connectivity index (χ4n) is 4.48. The van der Waals surface area contributed by atoms with Crippen LogP contribution in [-0.4, -0.2) is 16.0 Å². The molecule has 0 aromatic carbocycles. The predicted molar refractivity (Wildman–Crippen MR) is 138 cm³/mol. The third-order valence-electron chi connectivity index (χ3n) is 6.74. The fraction of sp³-hybridized carbons (Fsp3) is 0.964. The van der Waals surface area contributed by atoms with Gasteiger partial charge in [0.05, 0.1) is 0 Å². The topological polar surface area (TPSA) is 37.3 Å². The monoisotopic (exact) mass is 458 g/mol. The molecule has 1 unspecified atom stereocenters. The van der Waals surface area contributed by atoms with E-state index in [2.05, 4.69) is 13.8 Å². The lowest BCUT2D eigenvalue weighted by Gasteiger charge is -2.22. The van der Waals surface area contributed by atoms with Crippen molar-refractivity contribution in [2.45, 2.75) is 173 Å². The summed E-state index contributed by atoms with van der Waals surface area (Å²) in [5, 5.41) is 9.62. The zero-order valence-corrected chi connectivity index (χ0v) is 22.0. The molecule has 0 aromatic rings. The van der Waals surface area contributed by atoms with Gasteiger partial charge >= 0.3 is 5.97 Å². The van der Waals surface area contributed by atoms with Crippen molar-refractivity contribution in [1.82, 2.24) is 0 Å². The van der Waals surface area contributed by atoms with Crippen molar-refractivity contribution in [2.24, 2.45) is 0 Å². The summed E-state index contributed by atoms with van der Waals surface area (Å²) in [7, 11) is 0. The third kappa shape index (κ3) is 20.1. The van der Waals surface area contributed by atoms with Crippen LogP contribution >= 0.6 is 11.6 Å². The Hall–Kier alpha value is -0.240. The maximum Gasteiger partial charge on any atom is 0.324 e. The molecule has 2 nitrogen and oxygen atoms in total. The van der Waals surface area contributed by atoms with Gasteiger partial charge in [0.25, 0.3) is 0 Å². The summed E-state index contributed by atoms with van der Waals surface area (Å²) in [4.78, 5) is 10.7. The number of carboxylic acid groups (broad SMARTS) is 1. The van der Waals surface area contributed by atoms with Gasteiger partial charge in [0, 0.05) is 0 Å². The van der Waals surface area contributed by atoms with E-state index in [1.807, 2.05) is 0 Å². The van der Waals surface area contributed by atoms with E-state index in [0.29, 0.717) is 12.8 Å². The number of aliphatic carboxylic acids is 1. The Morgan fingerprint density at radius 2 is 0.742 bits per heavy atom. The van der Waals surface area contributed by atoms with Crippen LogP contribution in [0.5, 0.6) is 0 Å². The van der Waals surface area contributed by atoms with Crippen molar-refractivity contribution in [1.29, 1.82) is 0 Å². The molecule has 31 heavy (non-hydrogen) atoms. The number of alkyl halides is 1. The van der Waals surface area contributed by atoms with E-state index < -0.39 is 10.8 Å². The summed E-state index contributed by atoms with van der Waals surface area (Å²) in [6.45, 7) is 4.52. The van der Waals surface area contributed by atoms with Crippen molar-refractivity contribution < 1.29 is 9.90 Å². The SMILES string of the molecule is CCCCCCCCCCCCCCC(Cl)(CCCCCCCCCCCC)C(=O)O. The Morgan fingerprint density at radius 1 is 0.516 bits per heavy atom. The number of hydrogen-bond donors (Lipinski definition) is 1. The average molecular weight is 459 g/mol. The molecule has 0 rings (SSSR count). The molecule has 0 aliphatic carbocycles. The Bertz CT molecular complexity index is 385. The highest BCUT2D eigenvalue weighted by Crippen LogP contribution is 2.30. The van der Waals surface area contributed by atoms with Gasteiger partial charge in [-0.15, -0.1) is 11.6 Å². The first kappa shape index (κ1) is 30.8. The highest BCUT2D eigenvalue weighted by Gasteiger charge is 2.34. The van der Waals surface area contributed by atoms with Crippen LogP contribution < -0.4 is 0 Å². The Kier molecular flexibility index (Phi) is 22.8. The number of carbonyl (C=O) groups is 1. The highest BCUT2D eigenvalue weighted by molar-refractivity contribution is 6.33. The number of halogens is 1.